The van der Waals surface area contributed by atoms with Gasteiger partial charge in [0.1, 0.15) is 0 Å². The normalized spacial score (nSPS) is 13.8. The lowest BCUT2D eigenvalue weighted by molar-refractivity contribution is -0.0504. The summed E-state index contributed by atoms with van der Waals surface area (Å²) in [6.07, 6.45) is 4.82. The fraction of sp³-hybridized carbons (Fsp3) is 0.846. The molecule has 0 spiro atoms. The van der Waals surface area contributed by atoms with Crippen molar-refractivity contribution in [2.75, 3.05) is 13.7 Å². The molecule has 0 saturated heterocycles. The number of methoxy groups -OCH3 is 1. The van der Waals surface area contributed by atoms with Gasteiger partial charge >= 0.3 is 0 Å². The maximum atomic E-state index is 5.84. The first-order valence-corrected chi connectivity index (χ1v) is 6.78. The second-order valence-corrected chi connectivity index (χ2v) is 4.65. The van der Waals surface area contributed by atoms with Crippen molar-refractivity contribution in [1.29, 1.82) is 0 Å². The molecule has 1 heterocycles. The third-order valence-corrected chi connectivity index (χ3v) is 3.77. The minimum atomic E-state index is -0.204. The molecule has 18 heavy (non-hydrogen) atoms. The van der Waals surface area contributed by atoms with Crippen LogP contribution in [0.4, 0.5) is 0 Å². The Hall–Kier alpha value is -0.940. The molecule has 0 fully saturated rings. The molecule has 0 bridgehead atoms. The average Bonchev–Trinajstić information content (AvgIpc) is 2.81. The van der Waals surface area contributed by atoms with E-state index in [-0.39, 0.29) is 11.6 Å². The van der Waals surface area contributed by atoms with Crippen molar-refractivity contribution in [3.05, 3.63) is 11.9 Å². The largest absolute Gasteiger partial charge is 0.376 e. The zero-order valence-electron chi connectivity index (χ0n) is 12.2. The molecule has 0 aliphatic carbocycles. The molecule has 1 N–H and O–H groups in total. The van der Waals surface area contributed by atoms with Crippen LogP contribution in [0.15, 0.2) is 6.20 Å². The molecule has 104 valence electrons. The van der Waals surface area contributed by atoms with E-state index in [1.54, 1.807) is 7.11 Å². The summed E-state index contributed by atoms with van der Waals surface area (Å²) in [7, 11) is 3.71. The van der Waals surface area contributed by atoms with E-state index in [1.165, 1.54) is 0 Å². The van der Waals surface area contributed by atoms with E-state index in [0.29, 0.717) is 0 Å². The van der Waals surface area contributed by atoms with Gasteiger partial charge in [-0.1, -0.05) is 26.0 Å². The summed E-state index contributed by atoms with van der Waals surface area (Å²) in [5, 5.41) is 11.6. The second-order valence-electron chi connectivity index (χ2n) is 4.65. The molecule has 1 rings (SSSR count). The Bertz CT molecular complexity index is 338. The Balaban J connectivity index is 3.07. The lowest BCUT2D eigenvalue weighted by Gasteiger charge is -2.38. The van der Waals surface area contributed by atoms with Crippen LogP contribution in [-0.2, 0) is 11.8 Å². The van der Waals surface area contributed by atoms with Crippen LogP contribution < -0.4 is 5.32 Å². The molecule has 0 aromatic carbocycles. The maximum absolute atomic E-state index is 5.84. The van der Waals surface area contributed by atoms with Crippen molar-refractivity contribution in [3.8, 4) is 0 Å². The summed E-state index contributed by atoms with van der Waals surface area (Å²) in [6.45, 7) is 7.45. The predicted octanol–water partition coefficient (Wildman–Crippen LogP) is 2.06. The topological polar surface area (TPSA) is 52.0 Å². The monoisotopic (exact) mass is 254 g/mol. The number of hydrogen-bond donors (Lipinski definition) is 1. The molecular weight excluding hydrogens is 228 g/mol. The highest BCUT2D eigenvalue weighted by Gasteiger charge is 2.38. The third-order valence-electron chi connectivity index (χ3n) is 3.77. The molecule has 0 aliphatic heterocycles. The summed E-state index contributed by atoms with van der Waals surface area (Å²) < 4.78 is 7.67. The van der Waals surface area contributed by atoms with Gasteiger partial charge in [0.2, 0.25) is 0 Å². The van der Waals surface area contributed by atoms with Crippen molar-refractivity contribution in [2.45, 2.75) is 51.7 Å². The van der Waals surface area contributed by atoms with E-state index in [0.717, 1.165) is 31.5 Å². The fourth-order valence-corrected chi connectivity index (χ4v) is 2.47. The Morgan fingerprint density at radius 1 is 1.39 bits per heavy atom. The summed E-state index contributed by atoms with van der Waals surface area (Å²) in [6, 6.07) is 0.123. The van der Waals surface area contributed by atoms with Crippen LogP contribution in [0.1, 0.15) is 51.8 Å². The first-order chi connectivity index (χ1) is 8.65. The standard InChI is InChI=1S/C13H26N4O/c1-6-9-14-12(11-10-15-16-17(11)4)13(7-2,8-3)18-5/h10,12,14H,6-9H2,1-5H3. The van der Waals surface area contributed by atoms with Gasteiger partial charge < -0.3 is 10.1 Å². The number of hydrogen-bond acceptors (Lipinski definition) is 4. The van der Waals surface area contributed by atoms with E-state index < -0.39 is 0 Å². The molecule has 0 saturated carbocycles. The number of rotatable bonds is 8. The van der Waals surface area contributed by atoms with Crippen molar-refractivity contribution in [3.63, 3.8) is 0 Å². The lowest BCUT2D eigenvalue weighted by atomic mass is 9.86. The highest BCUT2D eigenvalue weighted by atomic mass is 16.5. The maximum Gasteiger partial charge on any atom is 0.0883 e. The first kappa shape index (κ1) is 15.1. The quantitative estimate of drug-likeness (QED) is 0.771. The molecule has 1 unspecified atom stereocenters. The van der Waals surface area contributed by atoms with Crippen LogP contribution in [0.3, 0.4) is 0 Å². The van der Waals surface area contributed by atoms with Crippen molar-refractivity contribution in [1.82, 2.24) is 20.3 Å². The molecule has 1 aromatic rings. The van der Waals surface area contributed by atoms with E-state index in [4.69, 9.17) is 4.74 Å². The molecule has 0 amide bonds. The Labute approximate surface area is 110 Å². The van der Waals surface area contributed by atoms with E-state index in [2.05, 4.69) is 36.4 Å². The predicted molar refractivity (Wildman–Crippen MR) is 72.4 cm³/mol. The summed E-state index contributed by atoms with van der Waals surface area (Å²) in [5.41, 5.74) is 0.874. The van der Waals surface area contributed by atoms with E-state index >= 15 is 0 Å². The number of aromatic nitrogens is 3. The molecular formula is C13H26N4O. The van der Waals surface area contributed by atoms with Gasteiger partial charge in [0, 0.05) is 14.2 Å². The van der Waals surface area contributed by atoms with Crippen LogP contribution >= 0.6 is 0 Å². The molecule has 0 radical (unpaired) electrons. The third kappa shape index (κ3) is 2.90. The second kappa shape index (κ2) is 6.85. The van der Waals surface area contributed by atoms with Gasteiger partial charge in [0.25, 0.3) is 0 Å². The number of nitrogens with one attached hydrogen (secondary N) is 1. The van der Waals surface area contributed by atoms with Gasteiger partial charge in [-0.25, -0.2) is 0 Å². The van der Waals surface area contributed by atoms with Crippen molar-refractivity contribution < 1.29 is 4.74 Å². The smallest absolute Gasteiger partial charge is 0.0883 e. The zero-order chi connectivity index (χ0) is 13.6. The Morgan fingerprint density at radius 2 is 2.06 bits per heavy atom. The van der Waals surface area contributed by atoms with Crippen LogP contribution in [-0.4, -0.2) is 34.2 Å². The molecule has 1 atom stereocenters. The van der Waals surface area contributed by atoms with Crippen LogP contribution in [0, 0.1) is 0 Å². The van der Waals surface area contributed by atoms with Gasteiger partial charge in [0.15, 0.2) is 0 Å². The zero-order valence-corrected chi connectivity index (χ0v) is 12.2. The van der Waals surface area contributed by atoms with Gasteiger partial charge in [0.05, 0.1) is 23.5 Å². The summed E-state index contributed by atoms with van der Waals surface area (Å²) in [5.74, 6) is 0. The van der Waals surface area contributed by atoms with Gasteiger partial charge in [-0.15, -0.1) is 5.10 Å². The molecule has 0 aliphatic rings. The van der Waals surface area contributed by atoms with Gasteiger partial charge in [-0.3, -0.25) is 4.68 Å². The highest BCUT2D eigenvalue weighted by molar-refractivity contribution is 5.10. The molecule has 5 heteroatoms. The number of aryl methyl sites for hydroxylation is 1. The highest BCUT2D eigenvalue weighted by Crippen LogP contribution is 2.34. The van der Waals surface area contributed by atoms with Crippen LogP contribution in [0.5, 0.6) is 0 Å². The van der Waals surface area contributed by atoms with Gasteiger partial charge in [-0.05, 0) is 25.8 Å². The lowest BCUT2D eigenvalue weighted by Crippen LogP contribution is -2.46. The minimum absolute atomic E-state index is 0.123. The Kier molecular flexibility index (Phi) is 5.75. The van der Waals surface area contributed by atoms with E-state index in [1.807, 2.05) is 17.9 Å². The van der Waals surface area contributed by atoms with E-state index in [9.17, 15) is 0 Å². The molecule has 5 nitrogen and oxygen atoms in total. The first-order valence-electron chi connectivity index (χ1n) is 6.78. The number of ether oxygens (including phenoxy) is 1. The summed E-state index contributed by atoms with van der Waals surface area (Å²) >= 11 is 0. The van der Waals surface area contributed by atoms with Crippen molar-refractivity contribution >= 4 is 0 Å². The average molecular weight is 254 g/mol. The van der Waals surface area contributed by atoms with Gasteiger partial charge in [-0.2, -0.15) is 0 Å². The van der Waals surface area contributed by atoms with Crippen LogP contribution in [0.2, 0.25) is 0 Å². The number of nitrogens with zero attached hydrogens (tertiary/aromatic N) is 3. The minimum Gasteiger partial charge on any atom is -0.376 e. The molecule has 1 aromatic heterocycles. The summed E-state index contributed by atoms with van der Waals surface area (Å²) in [4.78, 5) is 0. The van der Waals surface area contributed by atoms with Crippen LogP contribution in [0.25, 0.3) is 0 Å². The SMILES string of the molecule is CCCNC(c1cnnn1C)C(CC)(CC)OC. The fourth-order valence-electron chi connectivity index (χ4n) is 2.47. The Morgan fingerprint density at radius 3 is 2.44 bits per heavy atom. The van der Waals surface area contributed by atoms with Crippen molar-refractivity contribution in [2.24, 2.45) is 7.05 Å².